The number of carbonyl (C=O) groups is 5. The zero-order valence-electron chi connectivity index (χ0n) is 38.9. The second-order valence-electron chi connectivity index (χ2n) is 18.5. The molecule has 4 aliphatic rings. The first-order valence-corrected chi connectivity index (χ1v) is 24.1. The Labute approximate surface area is 407 Å². The van der Waals surface area contributed by atoms with Crippen LogP contribution < -0.4 is 36.1 Å². The quantitative estimate of drug-likeness (QED) is 0.0857. The number of benzene rings is 4. The van der Waals surface area contributed by atoms with Crippen molar-refractivity contribution in [3.05, 3.63) is 106 Å². The maximum absolute atomic E-state index is 16.4. The summed E-state index contributed by atoms with van der Waals surface area (Å²) in [5.74, 6) is -3.87. The molecule has 4 heterocycles. The largest absolute Gasteiger partial charge is 0.488 e. The normalized spacial score (nSPS) is 21.6. The van der Waals surface area contributed by atoms with Crippen LogP contribution in [0.5, 0.6) is 11.5 Å². The maximum atomic E-state index is 16.4. The van der Waals surface area contributed by atoms with Gasteiger partial charge >= 0.3 is 6.03 Å². The highest BCUT2D eigenvalue weighted by atomic mass is 35.5. The Morgan fingerprint density at radius 2 is 1.73 bits per heavy atom. The molecule has 0 radical (unpaired) electrons. The van der Waals surface area contributed by atoms with Gasteiger partial charge in [0.05, 0.1) is 29.3 Å². The number of hydrogen-bond acceptors (Lipinski definition) is 10. The molecule has 368 valence electrons. The molecule has 1 saturated carbocycles. The number of ether oxygens (including phenoxy) is 2. The van der Waals surface area contributed by atoms with Gasteiger partial charge in [0.2, 0.25) is 23.6 Å². The van der Waals surface area contributed by atoms with Crippen molar-refractivity contribution < 1.29 is 47.3 Å². The Hall–Kier alpha value is -6.63. The van der Waals surface area contributed by atoms with Crippen LogP contribution in [0.1, 0.15) is 90.8 Å². The number of piperidine rings is 1. The number of anilines is 1. The Morgan fingerprint density at radius 3 is 2.43 bits per heavy atom. The van der Waals surface area contributed by atoms with Crippen LogP contribution in [-0.2, 0) is 27.0 Å². The lowest BCUT2D eigenvalue weighted by Gasteiger charge is -2.37. The van der Waals surface area contributed by atoms with Crippen molar-refractivity contribution in [2.45, 2.75) is 75.3 Å². The van der Waals surface area contributed by atoms with Gasteiger partial charge in [0.15, 0.2) is 23.0 Å². The lowest BCUT2D eigenvalue weighted by molar-refractivity contribution is -0.135. The van der Waals surface area contributed by atoms with Gasteiger partial charge in [-0.2, -0.15) is 5.10 Å². The van der Waals surface area contributed by atoms with Crippen LogP contribution in [0.25, 0.3) is 22.0 Å². The fourth-order valence-corrected chi connectivity index (χ4v) is 11.1. The van der Waals surface area contributed by atoms with Gasteiger partial charge in [-0.05, 0) is 73.8 Å². The van der Waals surface area contributed by atoms with Crippen LogP contribution in [0.2, 0.25) is 5.02 Å². The second kappa shape index (κ2) is 20.0. The molecular weight excluding hydrogens is 926 g/mol. The van der Waals surface area contributed by atoms with Crippen molar-refractivity contribution in [1.29, 1.82) is 0 Å². The Morgan fingerprint density at radius 1 is 0.986 bits per heavy atom. The van der Waals surface area contributed by atoms with Crippen LogP contribution in [0.15, 0.2) is 66.7 Å². The maximum Gasteiger partial charge on any atom is 0.329 e. The number of carbonyl (C=O) groups excluding carboxylic acids is 5. The third-order valence-electron chi connectivity index (χ3n) is 14.5. The van der Waals surface area contributed by atoms with E-state index in [1.165, 1.54) is 23.1 Å². The zero-order chi connectivity index (χ0) is 49.4. The molecule has 3 fully saturated rings. The molecule has 16 nitrogen and oxygen atoms in total. The van der Waals surface area contributed by atoms with Crippen molar-refractivity contribution in [3.8, 4) is 22.6 Å². The van der Waals surface area contributed by atoms with Gasteiger partial charge < -0.3 is 35.8 Å². The number of likely N-dealkylation sites (tertiary alicyclic amines) is 1. The summed E-state index contributed by atoms with van der Waals surface area (Å²) in [7, 11) is 1.84. The van der Waals surface area contributed by atoms with Crippen molar-refractivity contribution >= 4 is 58.0 Å². The lowest BCUT2D eigenvalue weighted by Crippen LogP contribution is -2.49. The predicted molar refractivity (Wildman–Crippen MR) is 257 cm³/mol. The summed E-state index contributed by atoms with van der Waals surface area (Å²) in [6, 6.07) is 18.5. The van der Waals surface area contributed by atoms with E-state index in [1.54, 1.807) is 9.58 Å². The monoisotopic (exact) mass is 980 g/mol. The minimum atomic E-state index is -1.15. The Balaban J connectivity index is 0.820. The lowest BCUT2D eigenvalue weighted by atomic mass is 9.77. The number of para-hydroxylation sites is 1. The minimum absolute atomic E-state index is 0.0233. The molecule has 6 amide bonds. The molecule has 1 aromatic heterocycles. The summed E-state index contributed by atoms with van der Waals surface area (Å²) >= 11 is 6.69. The number of rotatable bonds is 14. The molecule has 70 heavy (non-hydrogen) atoms. The molecule has 2 unspecified atom stereocenters. The standard InChI is InChI=1S/C51H55ClF2N8O8/c1-28-41-38(25-36(53)44(52)43(41)42-34(47(55)66)15-16-37(45(42)54)69-24-23-63)70-51(28,31-7-4-3-5-8-31)27-57-32-13-11-30(12-14-32)49(67)56-26-40(65)61-20-17-29(18-21-61)33-9-6-10-35-46(33)60(2)59-48(35)62-22-19-39(64)58-50(62)68/h3-10,15-16,25,28-30,32,57,63H,11-14,17-24,26-27H2,1-2H3,(H2,55,66)(H,56,67)(H,58,64,68). The van der Waals surface area contributed by atoms with Crippen molar-refractivity contribution in [2.75, 3.05) is 50.8 Å². The van der Waals surface area contributed by atoms with E-state index < -0.39 is 46.7 Å². The van der Waals surface area contributed by atoms with E-state index in [1.807, 2.05) is 56.4 Å². The van der Waals surface area contributed by atoms with E-state index in [0.29, 0.717) is 63.0 Å². The molecule has 9 rings (SSSR count). The number of aliphatic hydroxyl groups is 1. The summed E-state index contributed by atoms with van der Waals surface area (Å²) < 4.78 is 46.2. The molecule has 2 saturated heterocycles. The minimum Gasteiger partial charge on any atom is -0.488 e. The number of fused-ring (bicyclic) bond motifs is 2. The number of nitrogens with zero attached hydrogens (tertiary/aromatic N) is 4. The molecule has 19 heteroatoms. The van der Waals surface area contributed by atoms with Gasteiger partial charge in [-0.25, -0.2) is 13.6 Å². The van der Waals surface area contributed by atoms with E-state index in [2.05, 4.69) is 27.1 Å². The number of urea groups is 1. The highest BCUT2D eigenvalue weighted by Crippen LogP contribution is 2.56. The molecular formula is C51H55ClF2N8O8. The van der Waals surface area contributed by atoms with Crippen molar-refractivity contribution in [2.24, 2.45) is 18.7 Å². The molecule has 1 aliphatic carbocycles. The zero-order valence-corrected chi connectivity index (χ0v) is 39.6. The van der Waals surface area contributed by atoms with Gasteiger partial charge in [-0.15, -0.1) is 0 Å². The number of primary amides is 1. The number of aliphatic hydroxyl groups excluding tert-OH is 1. The third-order valence-corrected chi connectivity index (χ3v) is 14.9. The molecule has 3 aliphatic heterocycles. The number of amides is 6. The molecule has 0 bridgehead atoms. The topological polar surface area (TPSA) is 210 Å². The van der Waals surface area contributed by atoms with Crippen LogP contribution in [0.4, 0.5) is 19.4 Å². The van der Waals surface area contributed by atoms with Crippen molar-refractivity contribution in [3.63, 3.8) is 0 Å². The Bertz CT molecular complexity index is 2870. The molecule has 2 atom stereocenters. The summed E-state index contributed by atoms with van der Waals surface area (Å²) in [6.45, 7) is 2.67. The van der Waals surface area contributed by atoms with E-state index in [0.717, 1.165) is 22.0 Å². The summed E-state index contributed by atoms with van der Waals surface area (Å²) in [6.07, 6.45) is 4.09. The first-order valence-electron chi connectivity index (χ1n) is 23.7. The molecule has 6 N–H and O–H groups in total. The number of imide groups is 1. The predicted octanol–water partition coefficient (Wildman–Crippen LogP) is 6.15. The van der Waals surface area contributed by atoms with E-state index >= 15 is 8.78 Å². The smallest absolute Gasteiger partial charge is 0.329 e. The van der Waals surface area contributed by atoms with Crippen LogP contribution in [-0.4, -0.2) is 101 Å². The first-order chi connectivity index (χ1) is 33.7. The van der Waals surface area contributed by atoms with Crippen molar-refractivity contribution in [1.82, 2.24) is 30.6 Å². The first kappa shape index (κ1) is 48.4. The van der Waals surface area contributed by atoms with Gasteiger partial charge in [0.1, 0.15) is 18.2 Å². The average molecular weight is 981 g/mol. The fraction of sp³-hybridized carbons (Fsp3) is 0.412. The number of hydrogen-bond donors (Lipinski definition) is 5. The van der Waals surface area contributed by atoms with Gasteiger partial charge in [0, 0.05) is 85.7 Å². The summed E-state index contributed by atoms with van der Waals surface area (Å²) in [4.78, 5) is 67.4. The van der Waals surface area contributed by atoms with Gasteiger partial charge in [-0.3, -0.25) is 34.1 Å². The number of aryl methyl sites for hydroxylation is 1. The van der Waals surface area contributed by atoms with E-state index in [-0.39, 0.29) is 96.5 Å². The third kappa shape index (κ3) is 9.03. The van der Waals surface area contributed by atoms with Gasteiger partial charge in [0.25, 0.3) is 0 Å². The Kier molecular flexibility index (Phi) is 13.8. The van der Waals surface area contributed by atoms with Gasteiger partial charge in [-0.1, -0.05) is 61.0 Å². The highest BCUT2D eigenvalue weighted by molar-refractivity contribution is 6.34. The number of nitrogens with one attached hydrogen (secondary N) is 3. The van der Waals surface area contributed by atoms with E-state index in [9.17, 15) is 29.1 Å². The average Bonchev–Trinajstić information content (AvgIpc) is 3.85. The summed E-state index contributed by atoms with van der Waals surface area (Å²) in [5, 5.41) is 23.3. The van der Waals surface area contributed by atoms with E-state index in [4.69, 9.17) is 26.8 Å². The van der Waals surface area contributed by atoms with Crippen LogP contribution in [0.3, 0.4) is 0 Å². The number of nitrogens with two attached hydrogens (primary N) is 1. The van der Waals surface area contributed by atoms with Crippen LogP contribution in [0, 0.1) is 17.6 Å². The second-order valence-corrected chi connectivity index (χ2v) is 18.9. The number of aromatic nitrogens is 2. The SMILES string of the molecule is CC1c2c(cc(F)c(Cl)c2-c2c(C(N)=O)ccc(OCCO)c2F)OC1(CNC1CCC(C(=O)NCC(=O)N2CCC(c3cccc4c(N5CCC(=O)NC5=O)nn(C)c34)CC2)CC1)c1ccccc1. The number of halogens is 3. The summed E-state index contributed by atoms with van der Waals surface area (Å²) in [5.41, 5.74) is 7.05. The molecule has 4 aromatic carbocycles. The highest BCUT2D eigenvalue weighted by Gasteiger charge is 2.50. The molecule has 5 aromatic rings. The van der Waals surface area contributed by atoms with Crippen LogP contribution >= 0.6 is 11.6 Å². The molecule has 0 spiro atoms. The fourth-order valence-electron chi connectivity index (χ4n) is 10.8.